The topological polar surface area (TPSA) is 84.9 Å². The van der Waals surface area contributed by atoms with Gasteiger partial charge >= 0.3 is 6.03 Å². The fourth-order valence-electron chi connectivity index (χ4n) is 4.83. The first-order chi connectivity index (χ1) is 21.4. The van der Waals surface area contributed by atoms with Gasteiger partial charge < -0.3 is 9.47 Å². The van der Waals surface area contributed by atoms with Crippen LogP contribution in [0.5, 0.6) is 11.5 Å². The third-order valence-electron chi connectivity index (χ3n) is 7.11. The highest BCUT2D eigenvalue weighted by Crippen LogP contribution is 2.33. The van der Waals surface area contributed by atoms with Gasteiger partial charge in [0.15, 0.2) is 0 Å². The van der Waals surface area contributed by atoms with Gasteiger partial charge in [-0.25, -0.2) is 9.69 Å². The second-order valence-electron chi connectivity index (χ2n) is 9.91. The van der Waals surface area contributed by atoms with Crippen LogP contribution < -0.4 is 19.7 Å². The van der Waals surface area contributed by atoms with E-state index in [-0.39, 0.29) is 24.5 Å². The van der Waals surface area contributed by atoms with Gasteiger partial charge in [-0.05, 0) is 59.3 Å². The molecule has 5 aromatic carbocycles. The molecule has 7 nitrogen and oxygen atoms in total. The largest absolute Gasteiger partial charge is 0.489 e. The maximum atomic E-state index is 13.7. The van der Waals surface area contributed by atoms with Crippen LogP contribution in [0, 0.1) is 0 Å². The molecule has 1 saturated heterocycles. The minimum atomic E-state index is -0.852. The molecule has 1 aliphatic rings. The lowest BCUT2D eigenvalue weighted by Crippen LogP contribution is -2.54. The van der Waals surface area contributed by atoms with Crippen LogP contribution in [0.1, 0.15) is 16.7 Å². The number of benzene rings is 5. The first kappa shape index (κ1) is 29.0. The number of carbonyl (C=O) groups excluding carboxylic acids is 3. The Morgan fingerprint density at radius 3 is 1.98 bits per heavy atom. The molecule has 0 aromatic heterocycles. The van der Waals surface area contributed by atoms with Crippen LogP contribution in [0.25, 0.3) is 16.8 Å². The number of anilines is 1. The number of hydrogen-bond acceptors (Lipinski definition) is 5. The second kappa shape index (κ2) is 12.6. The van der Waals surface area contributed by atoms with Crippen molar-refractivity contribution in [1.29, 1.82) is 0 Å². The van der Waals surface area contributed by atoms with Gasteiger partial charge in [-0.15, -0.1) is 0 Å². The quantitative estimate of drug-likeness (QED) is 0.140. The van der Waals surface area contributed by atoms with Crippen LogP contribution in [0.4, 0.5) is 10.5 Å². The zero-order valence-electron chi connectivity index (χ0n) is 23.1. The molecule has 0 spiro atoms. The molecular formula is C35H24Cl2N2O5. The molecule has 1 N–H and O–H groups in total. The van der Waals surface area contributed by atoms with Crippen LogP contribution in [0.2, 0.25) is 10.0 Å². The van der Waals surface area contributed by atoms with Crippen LogP contribution in [-0.4, -0.2) is 17.8 Å². The summed E-state index contributed by atoms with van der Waals surface area (Å²) in [6.45, 7) is 0.416. The molecule has 0 saturated carbocycles. The Morgan fingerprint density at radius 2 is 1.30 bits per heavy atom. The number of ether oxygens (including phenoxy) is 2. The number of rotatable bonds is 8. The van der Waals surface area contributed by atoms with Crippen LogP contribution in [-0.2, 0) is 22.8 Å². The van der Waals surface area contributed by atoms with E-state index in [1.165, 1.54) is 6.08 Å². The summed E-state index contributed by atoms with van der Waals surface area (Å²) in [4.78, 5) is 40.6. The summed E-state index contributed by atoms with van der Waals surface area (Å²) >= 11 is 12.5. The van der Waals surface area contributed by atoms with Crippen LogP contribution in [0.15, 0.2) is 115 Å². The molecule has 218 valence electrons. The number of carbonyl (C=O) groups is 3. The molecule has 0 atom stereocenters. The monoisotopic (exact) mass is 622 g/mol. The Labute approximate surface area is 263 Å². The number of hydrogen-bond donors (Lipinski definition) is 1. The predicted octanol–water partition coefficient (Wildman–Crippen LogP) is 7.97. The van der Waals surface area contributed by atoms with Gasteiger partial charge in [0.1, 0.15) is 30.3 Å². The van der Waals surface area contributed by atoms with E-state index in [0.717, 1.165) is 26.8 Å². The molecule has 1 fully saturated rings. The van der Waals surface area contributed by atoms with Gasteiger partial charge in [0, 0.05) is 26.7 Å². The molecule has 0 bridgehead atoms. The Hall–Kier alpha value is -5.11. The number of barbiturate groups is 1. The number of nitrogens with one attached hydrogen (secondary N) is 1. The lowest BCUT2D eigenvalue weighted by molar-refractivity contribution is -0.122. The number of urea groups is 1. The maximum absolute atomic E-state index is 13.7. The maximum Gasteiger partial charge on any atom is 0.335 e. The Kier molecular flexibility index (Phi) is 8.32. The predicted molar refractivity (Wildman–Crippen MR) is 171 cm³/mol. The van der Waals surface area contributed by atoms with Gasteiger partial charge in [-0.1, -0.05) is 89.9 Å². The molecule has 6 rings (SSSR count). The zero-order valence-corrected chi connectivity index (χ0v) is 24.6. The van der Waals surface area contributed by atoms with E-state index in [0.29, 0.717) is 27.1 Å². The first-order valence-electron chi connectivity index (χ1n) is 13.6. The molecule has 0 unspecified atom stereocenters. The van der Waals surface area contributed by atoms with Crippen LogP contribution in [0.3, 0.4) is 0 Å². The molecule has 9 heteroatoms. The minimum absolute atomic E-state index is 0.170. The number of amides is 4. The number of fused-ring (bicyclic) bond motifs is 1. The van der Waals surface area contributed by atoms with Gasteiger partial charge in [0.25, 0.3) is 11.8 Å². The van der Waals surface area contributed by atoms with Crippen molar-refractivity contribution in [2.24, 2.45) is 0 Å². The molecule has 5 aromatic rings. The summed E-state index contributed by atoms with van der Waals surface area (Å²) in [6, 6.07) is 31.5. The van der Waals surface area contributed by atoms with Gasteiger partial charge in [-0.2, -0.15) is 0 Å². The van der Waals surface area contributed by atoms with Gasteiger partial charge in [-0.3, -0.25) is 14.9 Å². The summed E-state index contributed by atoms with van der Waals surface area (Å²) in [6.07, 6.45) is 1.46. The molecule has 4 amide bonds. The highest BCUT2D eigenvalue weighted by atomic mass is 35.5. The number of halogens is 2. The first-order valence-corrected chi connectivity index (χ1v) is 14.4. The minimum Gasteiger partial charge on any atom is -0.489 e. The fourth-order valence-corrected chi connectivity index (χ4v) is 5.21. The van der Waals surface area contributed by atoms with Crippen molar-refractivity contribution in [2.45, 2.75) is 13.2 Å². The summed E-state index contributed by atoms with van der Waals surface area (Å²) in [7, 11) is 0. The molecule has 0 radical (unpaired) electrons. The average molecular weight is 623 g/mol. The van der Waals surface area contributed by atoms with E-state index in [4.69, 9.17) is 32.7 Å². The smallest absolute Gasteiger partial charge is 0.335 e. The average Bonchev–Trinajstić information content (AvgIpc) is 3.03. The summed E-state index contributed by atoms with van der Waals surface area (Å²) in [5.74, 6) is -0.615. The molecule has 1 heterocycles. The molecular weight excluding hydrogens is 599 g/mol. The van der Waals surface area contributed by atoms with E-state index in [9.17, 15) is 14.4 Å². The third kappa shape index (κ3) is 6.01. The van der Waals surface area contributed by atoms with E-state index >= 15 is 0 Å². The van der Waals surface area contributed by atoms with Gasteiger partial charge in [0.05, 0.1) is 5.69 Å². The normalized spacial score (nSPS) is 14.2. The van der Waals surface area contributed by atoms with E-state index in [2.05, 4.69) is 5.32 Å². The lowest BCUT2D eigenvalue weighted by atomic mass is 9.99. The van der Waals surface area contributed by atoms with E-state index in [1.807, 2.05) is 66.7 Å². The Bertz CT molecular complexity index is 1940. The standard InChI is InChI=1S/C35H24Cl2N2O5/c36-30-11-5-2-8-23(30)20-43-26-16-14-25(15-17-26)39-34(41)29(33(40)38-35(39)42)19-28-27-10-4-1-7-22(27)13-18-32(28)44-21-24-9-3-6-12-31(24)37/h1-19H,20-21H2,(H,38,40,42)/b29-19+. The van der Waals surface area contributed by atoms with E-state index < -0.39 is 17.8 Å². The van der Waals surface area contributed by atoms with Crippen LogP contribution >= 0.6 is 23.2 Å². The molecule has 44 heavy (non-hydrogen) atoms. The number of nitrogens with zero attached hydrogens (tertiary/aromatic N) is 1. The Morgan fingerprint density at radius 1 is 0.682 bits per heavy atom. The van der Waals surface area contributed by atoms with Gasteiger partial charge in [0.2, 0.25) is 0 Å². The molecule has 0 aliphatic carbocycles. The fraction of sp³-hybridized carbons (Fsp3) is 0.0571. The van der Waals surface area contributed by atoms with Crippen molar-refractivity contribution in [2.75, 3.05) is 4.90 Å². The van der Waals surface area contributed by atoms with E-state index in [1.54, 1.807) is 42.5 Å². The van der Waals surface area contributed by atoms with Crippen molar-refractivity contribution in [3.63, 3.8) is 0 Å². The highest BCUT2D eigenvalue weighted by molar-refractivity contribution is 6.39. The second-order valence-corrected chi connectivity index (χ2v) is 10.7. The van der Waals surface area contributed by atoms with Crippen molar-refractivity contribution < 1.29 is 23.9 Å². The molecule has 1 aliphatic heterocycles. The zero-order chi connectivity index (χ0) is 30.6. The van der Waals surface area contributed by atoms with Crippen molar-refractivity contribution in [3.8, 4) is 11.5 Å². The summed E-state index contributed by atoms with van der Waals surface area (Å²) in [5, 5.41) is 5.08. The summed E-state index contributed by atoms with van der Waals surface area (Å²) < 4.78 is 12.0. The van der Waals surface area contributed by atoms with Crippen molar-refractivity contribution in [1.82, 2.24) is 5.32 Å². The SMILES string of the molecule is O=C1NC(=O)N(c2ccc(OCc3ccccc3Cl)cc2)C(=O)/C1=C/c1c(OCc2ccccc2Cl)ccc2ccccc12. The number of imide groups is 2. The highest BCUT2D eigenvalue weighted by Gasteiger charge is 2.37. The van der Waals surface area contributed by atoms with Crippen molar-refractivity contribution >= 4 is 63.6 Å². The van der Waals surface area contributed by atoms with Crippen molar-refractivity contribution in [3.05, 3.63) is 142 Å². The summed E-state index contributed by atoms with van der Waals surface area (Å²) in [5.41, 5.74) is 2.17. The third-order valence-corrected chi connectivity index (χ3v) is 7.85. The lowest BCUT2D eigenvalue weighted by Gasteiger charge is -2.26. The Balaban J connectivity index is 1.30.